The van der Waals surface area contributed by atoms with Crippen LogP contribution in [0.2, 0.25) is 0 Å². The molecule has 0 saturated carbocycles. The number of anilines is 1. The Morgan fingerprint density at radius 3 is 2.39 bits per heavy atom. The number of nitrogens with zero attached hydrogens (tertiary/aromatic N) is 2. The maximum atomic E-state index is 12.7. The van der Waals surface area contributed by atoms with Gasteiger partial charge in [-0.3, -0.25) is 19.7 Å². The van der Waals surface area contributed by atoms with Gasteiger partial charge in [0.05, 0.1) is 17.5 Å². The molecule has 0 heterocycles. The number of nitrogens with one attached hydrogen (secondary N) is 3. The Hall–Kier alpha value is -2.89. The highest BCUT2D eigenvalue weighted by Gasteiger charge is 2.33. The van der Waals surface area contributed by atoms with E-state index in [1.807, 2.05) is 0 Å². The molecule has 0 radical (unpaired) electrons. The number of alkyl halides is 3. The van der Waals surface area contributed by atoms with Gasteiger partial charge in [-0.2, -0.15) is 13.2 Å². The summed E-state index contributed by atoms with van der Waals surface area (Å²) in [6.07, 6.45) is -4.68. The Morgan fingerprint density at radius 1 is 1.21 bits per heavy atom. The van der Waals surface area contributed by atoms with Crippen molar-refractivity contribution in [2.24, 2.45) is 0 Å². The molecular formula is C16H23F3N5O4+. The first-order chi connectivity index (χ1) is 12.9. The largest absolute Gasteiger partial charge is 0.416 e. The van der Waals surface area contributed by atoms with Gasteiger partial charge in [0, 0.05) is 33.3 Å². The van der Waals surface area contributed by atoms with Crippen molar-refractivity contribution in [2.45, 2.75) is 6.18 Å². The van der Waals surface area contributed by atoms with Crippen LogP contribution in [-0.2, 0) is 15.8 Å². The fourth-order valence-electron chi connectivity index (χ4n) is 2.22. The van der Waals surface area contributed by atoms with Gasteiger partial charge in [0.25, 0.3) is 17.5 Å². The predicted molar refractivity (Wildman–Crippen MR) is 94.9 cm³/mol. The van der Waals surface area contributed by atoms with Gasteiger partial charge >= 0.3 is 6.18 Å². The number of hydrogen-bond donors (Lipinski definition) is 3. The zero-order valence-electron chi connectivity index (χ0n) is 15.7. The fraction of sp³-hybridized carbons (Fsp3) is 0.500. The molecule has 1 atom stereocenters. The second kappa shape index (κ2) is 9.88. The number of nitro groups is 1. The maximum Gasteiger partial charge on any atom is 0.416 e. The summed E-state index contributed by atoms with van der Waals surface area (Å²) in [5, 5.41) is 16.2. The summed E-state index contributed by atoms with van der Waals surface area (Å²) in [5.41, 5.74) is -1.89. The van der Waals surface area contributed by atoms with Gasteiger partial charge in [-0.15, -0.1) is 0 Å². The molecule has 1 aromatic rings. The Bertz CT molecular complexity index is 725. The monoisotopic (exact) mass is 406 g/mol. The summed E-state index contributed by atoms with van der Waals surface area (Å²) >= 11 is 0. The van der Waals surface area contributed by atoms with Crippen molar-refractivity contribution in [3.8, 4) is 0 Å². The minimum atomic E-state index is -4.68. The molecule has 1 unspecified atom stereocenters. The minimum Gasteiger partial charge on any atom is -0.378 e. The van der Waals surface area contributed by atoms with Crippen LogP contribution in [0.15, 0.2) is 18.2 Å². The first-order valence-electron chi connectivity index (χ1n) is 8.29. The highest BCUT2D eigenvalue weighted by atomic mass is 19.4. The van der Waals surface area contributed by atoms with Crippen LogP contribution in [0, 0.1) is 10.1 Å². The average molecular weight is 406 g/mol. The number of nitro benzene ring substituents is 1. The van der Waals surface area contributed by atoms with Crippen LogP contribution in [-0.4, -0.2) is 69.0 Å². The molecule has 2 amide bonds. The van der Waals surface area contributed by atoms with Crippen molar-refractivity contribution in [2.75, 3.05) is 52.6 Å². The fourth-order valence-corrected chi connectivity index (χ4v) is 2.22. The van der Waals surface area contributed by atoms with Crippen molar-refractivity contribution in [1.82, 2.24) is 10.2 Å². The summed E-state index contributed by atoms with van der Waals surface area (Å²) in [7, 11) is 4.91. The number of rotatable bonds is 9. The van der Waals surface area contributed by atoms with Crippen LogP contribution in [0.1, 0.15) is 5.56 Å². The lowest BCUT2D eigenvalue weighted by Crippen LogP contribution is -3.11. The molecule has 0 fully saturated rings. The van der Waals surface area contributed by atoms with Crippen molar-refractivity contribution in [3.63, 3.8) is 0 Å². The number of halogens is 3. The molecule has 28 heavy (non-hydrogen) atoms. The quantitative estimate of drug-likeness (QED) is 0.298. The van der Waals surface area contributed by atoms with E-state index in [2.05, 4.69) is 10.6 Å². The lowest BCUT2D eigenvalue weighted by molar-refractivity contribution is -0.862. The Kier molecular flexibility index (Phi) is 8.16. The third-order valence-electron chi connectivity index (χ3n) is 3.70. The van der Waals surface area contributed by atoms with Crippen LogP contribution in [0.5, 0.6) is 0 Å². The summed E-state index contributed by atoms with van der Waals surface area (Å²) in [5.74, 6) is -0.450. The first-order valence-corrected chi connectivity index (χ1v) is 8.29. The Morgan fingerprint density at radius 2 is 1.86 bits per heavy atom. The van der Waals surface area contributed by atoms with E-state index >= 15 is 0 Å². The van der Waals surface area contributed by atoms with E-state index in [9.17, 15) is 32.9 Å². The van der Waals surface area contributed by atoms with E-state index in [0.717, 1.165) is 12.1 Å². The van der Waals surface area contributed by atoms with E-state index < -0.39 is 22.4 Å². The molecule has 9 nitrogen and oxygen atoms in total. The van der Waals surface area contributed by atoms with Gasteiger partial charge in [-0.05, 0) is 12.1 Å². The number of carbonyl (C=O) groups is 2. The van der Waals surface area contributed by atoms with Crippen LogP contribution in [0.4, 0.5) is 24.5 Å². The highest BCUT2D eigenvalue weighted by molar-refractivity contribution is 5.78. The summed E-state index contributed by atoms with van der Waals surface area (Å²) in [6.45, 7) is 0.385. The molecular weight excluding hydrogens is 383 g/mol. The van der Waals surface area contributed by atoms with Gasteiger partial charge in [-0.1, -0.05) is 0 Å². The van der Waals surface area contributed by atoms with Crippen LogP contribution >= 0.6 is 0 Å². The second-order valence-corrected chi connectivity index (χ2v) is 6.36. The summed E-state index contributed by atoms with van der Waals surface area (Å²) < 4.78 is 38.0. The molecule has 0 aliphatic carbocycles. The minimum absolute atomic E-state index is 0.0556. The number of quaternary nitrogens is 1. The molecule has 0 aliphatic heterocycles. The third-order valence-corrected chi connectivity index (χ3v) is 3.70. The van der Waals surface area contributed by atoms with Crippen LogP contribution < -0.4 is 15.5 Å². The first kappa shape index (κ1) is 23.1. The maximum absolute atomic E-state index is 12.7. The van der Waals surface area contributed by atoms with Gasteiger partial charge in [0.15, 0.2) is 13.1 Å². The number of carbonyl (C=O) groups excluding carboxylic acids is 2. The topological polar surface area (TPSA) is 109 Å². The van der Waals surface area contributed by atoms with Crippen molar-refractivity contribution in [3.05, 3.63) is 33.9 Å². The van der Waals surface area contributed by atoms with Crippen molar-refractivity contribution in [1.29, 1.82) is 0 Å². The van der Waals surface area contributed by atoms with Crippen molar-refractivity contribution < 1.29 is 32.6 Å². The normalized spacial score (nSPS) is 12.2. The zero-order chi connectivity index (χ0) is 21.5. The van der Waals surface area contributed by atoms with E-state index in [-0.39, 0.29) is 43.7 Å². The number of benzene rings is 1. The molecule has 12 heteroatoms. The molecule has 0 aliphatic rings. The van der Waals surface area contributed by atoms with Crippen LogP contribution in [0.3, 0.4) is 0 Å². The molecule has 1 rings (SSSR count). The molecule has 1 aromatic carbocycles. The molecule has 0 bridgehead atoms. The molecule has 156 valence electrons. The highest BCUT2D eigenvalue weighted by Crippen LogP contribution is 2.34. The van der Waals surface area contributed by atoms with E-state index in [4.69, 9.17) is 0 Å². The van der Waals surface area contributed by atoms with Gasteiger partial charge < -0.3 is 20.4 Å². The lowest BCUT2D eigenvalue weighted by Gasteiger charge is -2.16. The van der Waals surface area contributed by atoms with Gasteiger partial charge in [0.2, 0.25) is 0 Å². The standard InChI is InChI=1S/C16H22F3N5O4/c1-22(2)15(26)10-23(3)9-14(25)21-7-6-20-12-5-4-11(16(17,18)19)8-13(12)24(27)28/h4-5,8,20H,6-7,9-10H2,1-3H3,(H,21,25)/p+1. The van der Waals surface area contributed by atoms with Crippen LogP contribution in [0.25, 0.3) is 0 Å². The smallest absolute Gasteiger partial charge is 0.378 e. The number of hydrogen-bond acceptors (Lipinski definition) is 5. The summed E-state index contributed by atoms with van der Waals surface area (Å²) in [4.78, 5) is 35.6. The lowest BCUT2D eigenvalue weighted by atomic mass is 10.1. The Labute approximate surface area is 159 Å². The van der Waals surface area contributed by atoms with Gasteiger partial charge in [0.1, 0.15) is 5.69 Å². The predicted octanol–water partition coefficient (Wildman–Crippen LogP) is -0.255. The van der Waals surface area contributed by atoms with Gasteiger partial charge in [-0.25, -0.2) is 0 Å². The number of likely N-dealkylation sites (N-methyl/N-ethyl adjacent to an activating group) is 2. The molecule has 0 aromatic heterocycles. The second-order valence-electron chi connectivity index (χ2n) is 6.36. The SMILES string of the molecule is CN(C)C(=O)C[NH+](C)CC(=O)NCCNc1ccc(C(F)(F)F)cc1[N+](=O)[O-]. The third kappa shape index (κ3) is 7.39. The molecule has 0 spiro atoms. The average Bonchev–Trinajstić information content (AvgIpc) is 2.57. The molecule has 0 saturated heterocycles. The molecule has 3 N–H and O–H groups in total. The van der Waals surface area contributed by atoms with Crippen molar-refractivity contribution >= 4 is 23.2 Å². The Balaban J connectivity index is 2.52. The zero-order valence-corrected chi connectivity index (χ0v) is 15.7. The summed E-state index contributed by atoms with van der Waals surface area (Å²) in [6, 6.07) is 2.18. The number of amides is 2. The van der Waals surface area contributed by atoms with E-state index in [1.54, 1.807) is 21.1 Å². The van der Waals surface area contributed by atoms with E-state index in [0.29, 0.717) is 11.0 Å². The van der Waals surface area contributed by atoms with E-state index in [1.165, 1.54) is 4.90 Å².